The number of amides is 11. The van der Waals surface area contributed by atoms with Crippen molar-refractivity contribution in [1.82, 2.24) is 52.8 Å². The Morgan fingerprint density at radius 1 is 0.512 bits per heavy atom. The molecule has 0 bridgehead atoms. The third-order valence-corrected chi connectivity index (χ3v) is 13.3. The number of nitrogens with one attached hydrogen (secondary N) is 10. The second-order valence-electron chi connectivity index (χ2n) is 20.4. The number of carbonyl (C=O) groups excluding carboxylic acids is 11. The van der Waals surface area contributed by atoms with Crippen LogP contribution < -0.4 is 65.1 Å². The molecule has 1 aromatic carbocycles. The number of nitrogens with two attached hydrogens (primary N) is 3. The molecule has 0 aliphatic carbocycles. The number of carbonyl (C=O) groups is 13. The lowest BCUT2D eigenvalue weighted by molar-refractivity contribution is -0.146. The van der Waals surface area contributed by atoms with Crippen molar-refractivity contribution in [3.8, 4) is 0 Å². The number of rotatable bonds is 37. The number of aliphatic hydroxyl groups excluding tert-OH is 4. The third-order valence-electron chi connectivity index (χ3n) is 12.6. The van der Waals surface area contributed by atoms with E-state index in [2.05, 4.69) is 47.5 Å². The average molecular weight is 1210 g/mol. The molecule has 0 fully saturated rings. The highest BCUT2D eigenvalue weighted by Crippen LogP contribution is 2.20. The molecule has 14 atom stereocenters. The third kappa shape index (κ3) is 23.7. The lowest BCUT2D eigenvalue weighted by Crippen LogP contribution is -2.64. The first-order valence-electron chi connectivity index (χ1n) is 26.5. The van der Waals surface area contributed by atoms with Gasteiger partial charge < -0.3 is 101 Å². The minimum Gasteiger partial charge on any atom is -0.481 e. The van der Waals surface area contributed by atoms with Gasteiger partial charge in [-0.3, -0.25) is 57.5 Å². The van der Waals surface area contributed by atoms with Gasteiger partial charge >= 0.3 is 11.9 Å². The summed E-state index contributed by atoms with van der Waals surface area (Å²) in [6.07, 6.45) is -6.97. The summed E-state index contributed by atoms with van der Waals surface area (Å²) in [5.74, 6) is -16.0. The largest absolute Gasteiger partial charge is 0.481 e. The number of aromatic amines is 1. The predicted molar refractivity (Wildman–Crippen MR) is 299 cm³/mol. The molecule has 84 heavy (non-hydrogen) atoms. The van der Waals surface area contributed by atoms with E-state index >= 15 is 0 Å². The summed E-state index contributed by atoms with van der Waals surface area (Å²) in [5.41, 5.74) is 17.6. The van der Waals surface area contributed by atoms with Crippen molar-refractivity contribution < 1.29 is 93.0 Å². The quantitative estimate of drug-likeness (QED) is 0.0299. The molecule has 1 heterocycles. The first kappa shape index (κ1) is 72.1. The van der Waals surface area contributed by atoms with Crippen LogP contribution in [0.2, 0.25) is 0 Å². The van der Waals surface area contributed by atoms with Crippen molar-refractivity contribution >= 4 is 99.6 Å². The fourth-order valence-electron chi connectivity index (χ4n) is 8.11. The lowest BCUT2D eigenvalue weighted by atomic mass is 10.0. The maximum absolute atomic E-state index is 14.2. The van der Waals surface area contributed by atoms with Gasteiger partial charge in [-0.15, -0.1) is 0 Å². The van der Waals surface area contributed by atoms with Crippen LogP contribution in [0, 0.1) is 5.92 Å². The SMILES string of the molecule is CSCC[C@H](N)C(=O)N[C@@H](CCC(N)=O)C(=O)N[C@H](C(=O)N[C@H](C(=O)N[C@H](C(=O)N[C@@H](CC(C)C)C(=O)N[C@@H](CC(N)=O)C(=O)N[C@@H](Cc1c[nH]c2ccccc12)C(=O)N[C@@H](CC(=O)O)C(=O)N[C@H](C(=O)O)[C@@H](C)O)[C@@H](C)O)[C@@H](C)O)[C@@H](C)O. The van der Waals surface area contributed by atoms with E-state index < -0.39 is 193 Å². The van der Waals surface area contributed by atoms with Gasteiger partial charge in [-0.2, -0.15) is 11.8 Å². The van der Waals surface area contributed by atoms with Crippen molar-refractivity contribution in [3.63, 3.8) is 0 Å². The number of para-hydroxylation sites is 1. The van der Waals surface area contributed by atoms with E-state index in [4.69, 9.17) is 17.2 Å². The van der Waals surface area contributed by atoms with Gasteiger partial charge in [-0.05, 0) is 76.5 Å². The topological polar surface area (TPSA) is 545 Å². The molecular formula is C51H79N13O19S. The summed E-state index contributed by atoms with van der Waals surface area (Å²) in [6.45, 7) is 7.43. The zero-order valence-electron chi connectivity index (χ0n) is 47.3. The van der Waals surface area contributed by atoms with Crippen molar-refractivity contribution in [2.45, 2.75) is 171 Å². The number of aromatic nitrogens is 1. The van der Waals surface area contributed by atoms with Crippen LogP contribution in [0.25, 0.3) is 10.9 Å². The summed E-state index contributed by atoms with van der Waals surface area (Å²) in [7, 11) is 0. The zero-order chi connectivity index (χ0) is 63.9. The lowest BCUT2D eigenvalue weighted by Gasteiger charge is -2.30. The standard InChI is InChI=1S/C51H79N13O19S/c1-21(2)16-31(60-48(79)38(22(3)65)62-50(81)40(24(5)67)63-49(80)39(23(4)66)61-43(74)30(12-13-35(53)69)56-42(73)28(52)14-15-84-7)44(75)58-33(18-36(54)70)46(77)57-32(17-26-20-55-29-11-9-8-10-27(26)29)45(76)59-34(19-37(71)72)47(78)64-41(25(6)68)51(82)83/h8-11,20-25,28,30-34,38-41,55,65-68H,12-19,52H2,1-7H3,(H2,53,69)(H2,54,70)(H,56,73)(H,57,77)(H,58,75)(H,59,76)(H,60,79)(H,61,74)(H,62,81)(H,63,80)(H,64,78)(H,71,72)(H,82,83)/t22-,23-,24-,25-,28+,30+,31+,32+,33+,34+,38+,39+,40+,41+/m1/s1. The molecule has 0 radical (unpaired) electrons. The van der Waals surface area contributed by atoms with Gasteiger partial charge in [0.05, 0.1) is 43.3 Å². The highest BCUT2D eigenvalue weighted by atomic mass is 32.2. The molecule has 32 nitrogen and oxygen atoms in total. The van der Waals surface area contributed by atoms with Crippen molar-refractivity contribution in [2.75, 3.05) is 12.0 Å². The second kappa shape index (κ2) is 34.6. The first-order valence-corrected chi connectivity index (χ1v) is 27.8. The maximum Gasteiger partial charge on any atom is 0.328 e. The van der Waals surface area contributed by atoms with Gasteiger partial charge in [0.25, 0.3) is 0 Å². The maximum atomic E-state index is 14.2. The average Bonchev–Trinajstić information content (AvgIpc) is 3.88. The number of carboxylic acid groups (broad SMARTS) is 2. The van der Waals surface area contributed by atoms with Crippen LogP contribution in [0.4, 0.5) is 0 Å². The number of primary amides is 2. The molecule has 468 valence electrons. The predicted octanol–water partition coefficient (Wildman–Crippen LogP) is -6.58. The Labute approximate surface area is 486 Å². The molecule has 22 N–H and O–H groups in total. The number of fused-ring (bicyclic) bond motifs is 1. The zero-order valence-corrected chi connectivity index (χ0v) is 48.2. The van der Waals surface area contributed by atoms with E-state index in [0.717, 1.165) is 27.7 Å². The molecule has 0 spiro atoms. The molecule has 33 heteroatoms. The Morgan fingerprint density at radius 3 is 1.40 bits per heavy atom. The van der Waals surface area contributed by atoms with Gasteiger partial charge in [0.15, 0.2) is 6.04 Å². The van der Waals surface area contributed by atoms with Crippen molar-refractivity contribution in [3.05, 3.63) is 36.0 Å². The van der Waals surface area contributed by atoms with Crippen LogP contribution in [-0.4, -0.2) is 209 Å². The van der Waals surface area contributed by atoms with Crippen molar-refractivity contribution in [1.29, 1.82) is 0 Å². The normalized spacial score (nSPS) is 16.3. The van der Waals surface area contributed by atoms with Gasteiger partial charge in [0, 0.05) is 29.9 Å². The van der Waals surface area contributed by atoms with E-state index in [1.807, 2.05) is 5.32 Å². The molecule has 1 aromatic heterocycles. The summed E-state index contributed by atoms with van der Waals surface area (Å²) >= 11 is 1.40. The Morgan fingerprint density at radius 2 is 0.929 bits per heavy atom. The van der Waals surface area contributed by atoms with E-state index in [1.54, 1.807) is 44.4 Å². The smallest absolute Gasteiger partial charge is 0.328 e. The summed E-state index contributed by atoms with van der Waals surface area (Å²) in [6, 6.07) is -11.1. The molecular weight excluding hydrogens is 1130 g/mol. The second-order valence-corrected chi connectivity index (χ2v) is 21.4. The van der Waals surface area contributed by atoms with Crippen molar-refractivity contribution in [2.24, 2.45) is 23.1 Å². The van der Waals surface area contributed by atoms with E-state index in [0.29, 0.717) is 22.2 Å². The molecule has 0 aliphatic heterocycles. The van der Waals surface area contributed by atoms with E-state index in [1.165, 1.54) is 18.0 Å². The molecule has 0 aliphatic rings. The van der Waals surface area contributed by atoms with Crippen LogP contribution >= 0.6 is 11.8 Å². The highest BCUT2D eigenvalue weighted by molar-refractivity contribution is 7.98. The Bertz CT molecular complexity index is 2670. The molecule has 0 unspecified atom stereocenters. The number of thioether (sulfide) groups is 1. The van der Waals surface area contributed by atoms with Gasteiger partial charge in [0.2, 0.25) is 65.0 Å². The molecule has 11 amide bonds. The Hall–Kier alpha value is -7.98. The number of hydrogen-bond donors (Lipinski definition) is 19. The molecule has 2 rings (SSSR count). The monoisotopic (exact) mass is 1210 g/mol. The fourth-order valence-corrected chi connectivity index (χ4v) is 8.60. The minimum atomic E-state index is -2.00. The van der Waals surface area contributed by atoms with Gasteiger partial charge in [0.1, 0.15) is 48.3 Å². The number of H-pyrrole nitrogens is 1. The number of benzene rings is 1. The summed E-state index contributed by atoms with van der Waals surface area (Å²) in [4.78, 5) is 174. The first-order chi connectivity index (χ1) is 39.2. The van der Waals surface area contributed by atoms with Gasteiger partial charge in [-0.1, -0.05) is 32.0 Å². The van der Waals surface area contributed by atoms with E-state index in [-0.39, 0.29) is 19.3 Å². The minimum absolute atomic E-state index is 0.215. The number of aliphatic hydroxyl groups is 4. The molecule has 2 aromatic rings. The Balaban J connectivity index is 2.46. The van der Waals surface area contributed by atoms with Crippen LogP contribution in [0.5, 0.6) is 0 Å². The van der Waals surface area contributed by atoms with Crippen LogP contribution in [0.1, 0.15) is 85.6 Å². The summed E-state index contributed by atoms with van der Waals surface area (Å²) in [5, 5.41) is 81.8. The van der Waals surface area contributed by atoms with Crippen LogP contribution in [-0.2, 0) is 68.7 Å². The molecule has 0 saturated carbocycles. The number of carboxylic acids is 2. The number of hydrogen-bond acceptors (Lipinski definition) is 19. The highest BCUT2D eigenvalue weighted by Gasteiger charge is 2.39. The number of aliphatic carboxylic acids is 2. The summed E-state index contributed by atoms with van der Waals surface area (Å²) < 4.78 is 0. The van der Waals surface area contributed by atoms with Crippen LogP contribution in [0.15, 0.2) is 30.5 Å². The molecule has 0 saturated heterocycles. The van der Waals surface area contributed by atoms with Crippen LogP contribution in [0.3, 0.4) is 0 Å². The van der Waals surface area contributed by atoms with E-state index in [9.17, 15) is 93.0 Å². The fraction of sp³-hybridized carbons (Fsp3) is 0.588. The van der Waals surface area contributed by atoms with Gasteiger partial charge in [-0.25, -0.2) is 4.79 Å². The Kier molecular flexibility index (Phi) is 29.7.